The lowest BCUT2D eigenvalue weighted by Gasteiger charge is -2.36. The Morgan fingerprint density at radius 2 is 1.93 bits per heavy atom. The predicted molar refractivity (Wildman–Crippen MR) is 58.5 cm³/mol. The van der Waals surface area contributed by atoms with Crippen LogP contribution in [0.4, 0.5) is 0 Å². The van der Waals surface area contributed by atoms with Gasteiger partial charge in [0, 0.05) is 32.4 Å². The SMILES string of the molecule is NN1CCC2(CC1)Cc1ccccc1O2. The Morgan fingerprint density at radius 3 is 2.67 bits per heavy atom. The van der Waals surface area contributed by atoms with Gasteiger partial charge in [0.1, 0.15) is 11.4 Å². The fraction of sp³-hybridized carbons (Fsp3) is 0.500. The summed E-state index contributed by atoms with van der Waals surface area (Å²) in [5, 5.41) is 1.89. The standard InChI is InChI=1S/C12H16N2O/c13-14-7-5-12(6-8-14)9-10-3-1-2-4-11(10)15-12/h1-4H,5-9,13H2. The maximum atomic E-state index is 6.10. The Bertz CT molecular complexity index is 343. The van der Waals surface area contributed by atoms with Crippen LogP contribution in [0.25, 0.3) is 0 Å². The molecule has 1 spiro atoms. The number of nitrogens with two attached hydrogens (primary N) is 1. The first-order chi connectivity index (χ1) is 7.27. The first-order valence-electron chi connectivity index (χ1n) is 5.54. The van der Waals surface area contributed by atoms with Crippen molar-refractivity contribution in [2.45, 2.75) is 24.9 Å². The molecule has 2 heterocycles. The van der Waals surface area contributed by atoms with Gasteiger partial charge in [-0.3, -0.25) is 5.84 Å². The fourth-order valence-corrected chi connectivity index (χ4v) is 2.58. The molecular formula is C12H16N2O. The van der Waals surface area contributed by atoms with E-state index in [0.29, 0.717) is 0 Å². The number of para-hydroxylation sites is 1. The third-order valence-corrected chi connectivity index (χ3v) is 3.52. The van der Waals surface area contributed by atoms with Crippen LogP contribution in [0.5, 0.6) is 5.75 Å². The largest absolute Gasteiger partial charge is 0.487 e. The van der Waals surface area contributed by atoms with E-state index in [1.54, 1.807) is 0 Å². The van der Waals surface area contributed by atoms with E-state index in [1.807, 2.05) is 11.1 Å². The van der Waals surface area contributed by atoms with E-state index in [2.05, 4.69) is 18.2 Å². The van der Waals surface area contributed by atoms with Crippen molar-refractivity contribution < 1.29 is 4.74 Å². The first-order valence-corrected chi connectivity index (χ1v) is 5.54. The quantitative estimate of drug-likeness (QED) is 0.648. The van der Waals surface area contributed by atoms with Gasteiger partial charge >= 0.3 is 0 Å². The fourth-order valence-electron chi connectivity index (χ4n) is 2.58. The van der Waals surface area contributed by atoms with Crippen LogP contribution in [0, 0.1) is 0 Å². The van der Waals surface area contributed by atoms with Crippen LogP contribution >= 0.6 is 0 Å². The van der Waals surface area contributed by atoms with Crippen molar-refractivity contribution in [2.24, 2.45) is 5.84 Å². The number of hydrazine groups is 1. The van der Waals surface area contributed by atoms with Gasteiger partial charge in [-0.25, -0.2) is 5.01 Å². The molecule has 2 aliphatic rings. The molecule has 1 aromatic rings. The molecule has 3 rings (SSSR count). The molecule has 1 aromatic carbocycles. The summed E-state index contributed by atoms with van der Waals surface area (Å²) in [5.41, 5.74) is 1.39. The summed E-state index contributed by atoms with van der Waals surface area (Å²) in [7, 11) is 0. The Morgan fingerprint density at radius 1 is 1.20 bits per heavy atom. The van der Waals surface area contributed by atoms with Gasteiger partial charge in [-0.15, -0.1) is 0 Å². The highest BCUT2D eigenvalue weighted by molar-refractivity contribution is 5.39. The van der Waals surface area contributed by atoms with E-state index in [1.165, 1.54) is 5.56 Å². The molecule has 0 aliphatic carbocycles. The van der Waals surface area contributed by atoms with Crippen LogP contribution in [0.15, 0.2) is 24.3 Å². The summed E-state index contributed by atoms with van der Waals surface area (Å²) >= 11 is 0. The smallest absolute Gasteiger partial charge is 0.123 e. The van der Waals surface area contributed by atoms with Gasteiger partial charge in [0.05, 0.1) is 0 Å². The number of rotatable bonds is 0. The van der Waals surface area contributed by atoms with Crippen LogP contribution in [0.2, 0.25) is 0 Å². The van der Waals surface area contributed by atoms with Gasteiger partial charge in [0.15, 0.2) is 0 Å². The van der Waals surface area contributed by atoms with E-state index in [0.717, 1.165) is 38.1 Å². The number of benzene rings is 1. The average Bonchev–Trinajstić information content (AvgIpc) is 2.61. The van der Waals surface area contributed by atoms with Gasteiger partial charge in [-0.05, 0) is 11.6 Å². The first kappa shape index (κ1) is 9.19. The summed E-state index contributed by atoms with van der Waals surface area (Å²) in [6, 6.07) is 8.35. The molecule has 3 nitrogen and oxygen atoms in total. The molecule has 2 aliphatic heterocycles. The Hall–Kier alpha value is -1.06. The van der Waals surface area contributed by atoms with Crippen LogP contribution in [-0.4, -0.2) is 23.7 Å². The second kappa shape index (κ2) is 3.22. The molecule has 0 saturated carbocycles. The second-order valence-corrected chi connectivity index (χ2v) is 4.61. The number of ether oxygens (including phenoxy) is 1. The van der Waals surface area contributed by atoms with Gasteiger partial charge in [-0.2, -0.15) is 0 Å². The summed E-state index contributed by atoms with van der Waals surface area (Å²) in [5.74, 6) is 6.84. The summed E-state index contributed by atoms with van der Waals surface area (Å²) in [4.78, 5) is 0. The van der Waals surface area contributed by atoms with Crippen LogP contribution in [0.1, 0.15) is 18.4 Å². The highest BCUT2D eigenvalue weighted by Crippen LogP contribution is 2.40. The van der Waals surface area contributed by atoms with Crippen LogP contribution < -0.4 is 10.6 Å². The van der Waals surface area contributed by atoms with E-state index >= 15 is 0 Å². The van der Waals surface area contributed by atoms with Crippen molar-refractivity contribution >= 4 is 0 Å². The van der Waals surface area contributed by atoms with Crippen molar-refractivity contribution in [1.82, 2.24) is 5.01 Å². The summed E-state index contributed by atoms with van der Waals surface area (Å²) in [6.45, 7) is 1.88. The van der Waals surface area contributed by atoms with Gasteiger partial charge < -0.3 is 4.74 Å². The summed E-state index contributed by atoms with van der Waals surface area (Å²) in [6.07, 6.45) is 3.13. The normalized spacial score (nSPS) is 23.8. The molecule has 1 fully saturated rings. The number of hydrogen-bond donors (Lipinski definition) is 1. The van der Waals surface area contributed by atoms with E-state index in [9.17, 15) is 0 Å². The number of fused-ring (bicyclic) bond motifs is 1. The minimum Gasteiger partial charge on any atom is -0.487 e. The zero-order chi connectivity index (χ0) is 10.3. The van der Waals surface area contributed by atoms with E-state index in [4.69, 9.17) is 10.6 Å². The number of piperidine rings is 1. The van der Waals surface area contributed by atoms with Crippen LogP contribution in [0.3, 0.4) is 0 Å². The minimum atomic E-state index is 0.0412. The van der Waals surface area contributed by atoms with E-state index in [-0.39, 0.29) is 5.60 Å². The maximum absolute atomic E-state index is 6.10. The van der Waals surface area contributed by atoms with Gasteiger partial charge in [-0.1, -0.05) is 18.2 Å². The second-order valence-electron chi connectivity index (χ2n) is 4.61. The molecule has 80 valence electrons. The highest BCUT2D eigenvalue weighted by atomic mass is 16.5. The van der Waals surface area contributed by atoms with Crippen molar-refractivity contribution in [3.8, 4) is 5.75 Å². The molecule has 0 amide bonds. The average molecular weight is 204 g/mol. The molecule has 15 heavy (non-hydrogen) atoms. The molecule has 0 aromatic heterocycles. The lowest BCUT2D eigenvalue weighted by atomic mass is 9.88. The highest BCUT2D eigenvalue weighted by Gasteiger charge is 2.41. The third-order valence-electron chi connectivity index (χ3n) is 3.52. The Balaban J connectivity index is 1.83. The lowest BCUT2D eigenvalue weighted by molar-refractivity contribution is 0.0193. The van der Waals surface area contributed by atoms with Gasteiger partial charge in [0.2, 0.25) is 0 Å². The molecule has 0 bridgehead atoms. The number of hydrogen-bond acceptors (Lipinski definition) is 3. The molecule has 1 saturated heterocycles. The Labute approximate surface area is 89.8 Å². The summed E-state index contributed by atoms with van der Waals surface area (Å²) < 4.78 is 6.10. The lowest BCUT2D eigenvalue weighted by Crippen LogP contribution is -2.49. The monoisotopic (exact) mass is 204 g/mol. The molecule has 2 N–H and O–H groups in total. The maximum Gasteiger partial charge on any atom is 0.123 e. The van der Waals surface area contributed by atoms with Crippen LogP contribution in [-0.2, 0) is 6.42 Å². The third kappa shape index (κ3) is 1.52. The minimum absolute atomic E-state index is 0.0412. The molecule has 0 unspecified atom stereocenters. The number of nitrogens with zero attached hydrogens (tertiary/aromatic N) is 1. The zero-order valence-corrected chi connectivity index (χ0v) is 8.78. The molecule has 0 atom stereocenters. The van der Waals surface area contributed by atoms with Crippen molar-refractivity contribution in [1.29, 1.82) is 0 Å². The van der Waals surface area contributed by atoms with Crippen molar-refractivity contribution in [2.75, 3.05) is 13.1 Å². The molecular weight excluding hydrogens is 188 g/mol. The van der Waals surface area contributed by atoms with E-state index < -0.39 is 0 Å². The van der Waals surface area contributed by atoms with Crippen molar-refractivity contribution in [3.63, 3.8) is 0 Å². The predicted octanol–water partition coefficient (Wildman–Crippen LogP) is 1.33. The Kier molecular flexibility index (Phi) is 1.97. The van der Waals surface area contributed by atoms with Gasteiger partial charge in [0.25, 0.3) is 0 Å². The van der Waals surface area contributed by atoms with Crippen molar-refractivity contribution in [3.05, 3.63) is 29.8 Å². The molecule has 0 radical (unpaired) electrons. The molecule has 3 heteroatoms. The zero-order valence-electron chi connectivity index (χ0n) is 8.78. The topological polar surface area (TPSA) is 38.5 Å².